The average molecular weight is 491 g/mol. The van der Waals surface area contributed by atoms with Crippen molar-refractivity contribution >= 4 is 40.4 Å². The van der Waals surface area contributed by atoms with Crippen molar-refractivity contribution < 1.29 is 13.9 Å². The summed E-state index contributed by atoms with van der Waals surface area (Å²) in [4.78, 5) is 30.9. The number of anilines is 2. The minimum Gasteiger partial charge on any atom is -0.462 e. The second kappa shape index (κ2) is 9.39. The minimum absolute atomic E-state index is 0.0419. The number of hydrogen-bond acceptors (Lipinski definition) is 9. The van der Waals surface area contributed by atoms with E-state index < -0.39 is 11.8 Å². The number of hydrogen-bond donors (Lipinski definition) is 1. The molecule has 1 aromatic carbocycles. The van der Waals surface area contributed by atoms with Gasteiger partial charge >= 0.3 is 5.97 Å². The zero-order valence-corrected chi connectivity index (χ0v) is 18.9. The molecule has 0 bridgehead atoms. The third kappa shape index (κ3) is 4.62. The lowest BCUT2D eigenvalue weighted by Crippen LogP contribution is -2.09. The van der Waals surface area contributed by atoms with E-state index >= 15 is 0 Å². The first-order chi connectivity index (χ1) is 17.0. The van der Waals surface area contributed by atoms with E-state index in [1.807, 2.05) is 0 Å². The number of halogens is 2. The molecule has 0 spiro atoms. The van der Waals surface area contributed by atoms with E-state index in [0.29, 0.717) is 33.8 Å². The molecule has 0 unspecified atom stereocenters. The Morgan fingerprint density at radius 1 is 1.14 bits per heavy atom. The van der Waals surface area contributed by atoms with Gasteiger partial charge in [0.25, 0.3) is 0 Å². The normalized spacial score (nSPS) is 10.9. The van der Waals surface area contributed by atoms with Gasteiger partial charge in [-0.2, -0.15) is 4.98 Å². The first-order valence-electron chi connectivity index (χ1n) is 10.4. The number of nitrogens with zero attached hydrogens (tertiary/aromatic N) is 7. The van der Waals surface area contributed by atoms with Crippen LogP contribution in [0.15, 0.2) is 61.2 Å². The number of fused-ring (bicyclic) bond motifs is 1. The van der Waals surface area contributed by atoms with Crippen LogP contribution in [0.25, 0.3) is 28.1 Å². The van der Waals surface area contributed by atoms with E-state index in [1.54, 1.807) is 43.7 Å². The predicted molar refractivity (Wildman–Crippen MR) is 126 cm³/mol. The fourth-order valence-electron chi connectivity index (χ4n) is 3.26. The van der Waals surface area contributed by atoms with Gasteiger partial charge in [-0.1, -0.05) is 11.6 Å². The monoisotopic (exact) mass is 490 g/mol. The maximum Gasteiger partial charge on any atom is 0.339 e. The van der Waals surface area contributed by atoms with Gasteiger partial charge in [0.1, 0.15) is 11.3 Å². The van der Waals surface area contributed by atoms with Crippen molar-refractivity contribution in [1.82, 2.24) is 34.9 Å². The van der Waals surface area contributed by atoms with E-state index in [1.165, 1.54) is 29.2 Å². The van der Waals surface area contributed by atoms with Crippen molar-refractivity contribution in [3.63, 3.8) is 0 Å². The molecule has 0 radical (unpaired) electrons. The Balaban J connectivity index is 1.62. The molecule has 4 aromatic heterocycles. The summed E-state index contributed by atoms with van der Waals surface area (Å²) in [5.74, 6) is -0.544. The summed E-state index contributed by atoms with van der Waals surface area (Å²) in [6, 6.07) is 9.32. The van der Waals surface area contributed by atoms with E-state index in [9.17, 15) is 9.18 Å². The van der Waals surface area contributed by atoms with Crippen molar-refractivity contribution in [3.05, 3.63) is 77.6 Å². The van der Waals surface area contributed by atoms with Gasteiger partial charge in [0.05, 0.1) is 17.2 Å². The quantitative estimate of drug-likeness (QED) is 0.345. The van der Waals surface area contributed by atoms with Crippen LogP contribution in [0, 0.1) is 5.82 Å². The van der Waals surface area contributed by atoms with Crippen molar-refractivity contribution in [2.45, 2.75) is 6.92 Å². The van der Waals surface area contributed by atoms with Gasteiger partial charge in [0.2, 0.25) is 11.6 Å². The molecule has 0 saturated heterocycles. The Hall–Kier alpha value is -4.51. The van der Waals surface area contributed by atoms with Crippen molar-refractivity contribution in [3.8, 4) is 16.9 Å². The Kier molecular flexibility index (Phi) is 5.98. The number of aromatic nitrogens is 7. The van der Waals surface area contributed by atoms with E-state index in [4.69, 9.17) is 16.3 Å². The second-order valence-corrected chi connectivity index (χ2v) is 7.61. The van der Waals surface area contributed by atoms with Gasteiger partial charge in [0.15, 0.2) is 5.82 Å². The van der Waals surface area contributed by atoms with Crippen LogP contribution in [0.2, 0.25) is 5.02 Å². The zero-order chi connectivity index (χ0) is 24.4. The number of benzene rings is 1. The molecule has 0 fully saturated rings. The maximum absolute atomic E-state index is 13.5. The van der Waals surface area contributed by atoms with Crippen LogP contribution in [0.3, 0.4) is 0 Å². The Morgan fingerprint density at radius 2 is 2.03 bits per heavy atom. The summed E-state index contributed by atoms with van der Waals surface area (Å²) >= 11 is 5.89. The molecule has 0 aliphatic heterocycles. The topological polar surface area (TPSA) is 121 Å². The Bertz CT molecular complexity index is 1530. The third-order valence-corrected chi connectivity index (χ3v) is 5.14. The van der Waals surface area contributed by atoms with Gasteiger partial charge < -0.3 is 10.1 Å². The summed E-state index contributed by atoms with van der Waals surface area (Å²) < 4.78 is 18.6. The largest absolute Gasteiger partial charge is 0.462 e. The lowest BCUT2D eigenvalue weighted by Gasteiger charge is -2.11. The van der Waals surface area contributed by atoms with E-state index in [-0.39, 0.29) is 23.1 Å². The molecule has 5 rings (SSSR count). The first kappa shape index (κ1) is 22.3. The third-order valence-electron chi connectivity index (χ3n) is 4.85. The number of nitrogens with one attached hydrogen (secondary N) is 1. The van der Waals surface area contributed by atoms with E-state index in [2.05, 4.69) is 35.5 Å². The van der Waals surface area contributed by atoms with Crippen LogP contribution < -0.4 is 5.32 Å². The highest BCUT2D eigenvalue weighted by Gasteiger charge is 2.18. The summed E-state index contributed by atoms with van der Waals surface area (Å²) in [6.45, 7) is 1.96. The molecular formula is C23H16ClFN8O2. The van der Waals surface area contributed by atoms with Gasteiger partial charge in [-0.3, -0.25) is 4.98 Å². The highest BCUT2D eigenvalue weighted by molar-refractivity contribution is 6.31. The Labute approximate surface area is 202 Å². The highest BCUT2D eigenvalue weighted by Crippen LogP contribution is 2.28. The summed E-state index contributed by atoms with van der Waals surface area (Å²) in [5, 5.41) is 11.8. The summed E-state index contributed by atoms with van der Waals surface area (Å²) in [5.41, 5.74) is 2.81. The van der Waals surface area contributed by atoms with Gasteiger partial charge in [0, 0.05) is 41.6 Å². The average Bonchev–Trinajstić information content (AvgIpc) is 3.31. The van der Waals surface area contributed by atoms with Crippen molar-refractivity contribution in [2.75, 3.05) is 11.9 Å². The number of ether oxygens (including phenoxy) is 1. The summed E-state index contributed by atoms with van der Waals surface area (Å²) in [6.07, 6.45) is 6.14. The van der Waals surface area contributed by atoms with Gasteiger partial charge in [-0.05, 0) is 43.3 Å². The maximum atomic E-state index is 13.5. The second-order valence-electron chi connectivity index (χ2n) is 7.20. The van der Waals surface area contributed by atoms with Crippen LogP contribution in [-0.2, 0) is 4.74 Å². The van der Waals surface area contributed by atoms with Crippen LogP contribution in [0.5, 0.6) is 0 Å². The Morgan fingerprint density at radius 3 is 2.83 bits per heavy atom. The first-order valence-corrected chi connectivity index (χ1v) is 10.8. The lowest BCUT2D eigenvalue weighted by molar-refractivity contribution is 0.0526. The molecule has 10 nitrogen and oxygen atoms in total. The number of carbonyl (C=O) groups is 1. The van der Waals surface area contributed by atoms with E-state index in [0.717, 1.165) is 0 Å². The van der Waals surface area contributed by atoms with Crippen LogP contribution in [0.4, 0.5) is 16.0 Å². The number of carbonyl (C=O) groups excluding carboxylic acids is 1. The van der Waals surface area contributed by atoms with Gasteiger partial charge in [-0.15, -0.1) is 15.0 Å². The molecule has 35 heavy (non-hydrogen) atoms. The highest BCUT2D eigenvalue weighted by atomic mass is 35.5. The molecule has 4 heterocycles. The number of pyridine rings is 2. The molecular weight excluding hydrogens is 475 g/mol. The standard InChI is InChI=1S/C23H16ClFN8O2/c1-2-35-22(34)14-8-13(10-26-11-14)16-12-28-23(29-15-5-6-18(25)17(24)9-15)30-21(16)33-31-19-4-3-7-27-20(19)32-33/h3-12H,2H2,1H3,(H,28,29,30). The SMILES string of the molecule is CCOC(=O)c1cncc(-c2cnc(Nc3ccc(F)c(Cl)c3)nc2-n2nc3cccnc3n2)c1. The molecule has 5 aromatic rings. The van der Waals surface area contributed by atoms with Crippen LogP contribution in [-0.4, -0.2) is 47.5 Å². The number of rotatable bonds is 6. The molecule has 174 valence electrons. The minimum atomic E-state index is -0.539. The molecule has 12 heteroatoms. The lowest BCUT2D eigenvalue weighted by atomic mass is 10.1. The zero-order valence-electron chi connectivity index (χ0n) is 18.2. The smallest absolute Gasteiger partial charge is 0.339 e. The molecule has 0 aliphatic rings. The fourth-order valence-corrected chi connectivity index (χ4v) is 3.44. The van der Waals surface area contributed by atoms with Crippen LogP contribution >= 0.6 is 11.6 Å². The predicted octanol–water partition coefficient (Wildman–Crippen LogP) is 4.38. The molecule has 0 aliphatic carbocycles. The molecule has 0 atom stereocenters. The molecule has 0 saturated carbocycles. The van der Waals surface area contributed by atoms with Gasteiger partial charge in [-0.25, -0.2) is 19.2 Å². The molecule has 0 amide bonds. The van der Waals surface area contributed by atoms with Crippen LogP contribution in [0.1, 0.15) is 17.3 Å². The fraction of sp³-hybridized carbons (Fsp3) is 0.0870. The van der Waals surface area contributed by atoms with Crippen molar-refractivity contribution in [1.29, 1.82) is 0 Å². The molecule has 1 N–H and O–H groups in total. The summed E-state index contributed by atoms with van der Waals surface area (Å²) in [7, 11) is 0. The number of esters is 1. The van der Waals surface area contributed by atoms with Crippen molar-refractivity contribution in [2.24, 2.45) is 0 Å².